The molecule has 4 rings (SSSR count). The van der Waals surface area contributed by atoms with Gasteiger partial charge in [0.05, 0.1) is 5.69 Å². The van der Waals surface area contributed by atoms with Crippen LogP contribution in [0.25, 0.3) is 16.5 Å². The van der Waals surface area contributed by atoms with Crippen LogP contribution in [0.5, 0.6) is 0 Å². The number of aromatic nitrogens is 1. The topological polar surface area (TPSA) is 87.1 Å². The minimum absolute atomic E-state index is 0.0378. The van der Waals surface area contributed by atoms with Crippen molar-refractivity contribution in [1.82, 2.24) is 9.88 Å². The van der Waals surface area contributed by atoms with Crippen molar-refractivity contribution >= 4 is 39.7 Å². The number of nitriles is 1. The van der Waals surface area contributed by atoms with E-state index in [1.54, 1.807) is 4.90 Å². The van der Waals surface area contributed by atoms with Crippen LogP contribution in [0, 0.1) is 11.3 Å². The van der Waals surface area contributed by atoms with E-state index in [1.807, 2.05) is 59.3 Å². The number of thiocarbonyl (C=S) groups is 1. The molecule has 1 aliphatic heterocycles. The first kappa shape index (κ1) is 19.1. The smallest absolute Gasteiger partial charge is 0.255 e. The van der Waals surface area contributed by atoms with E-state index in [2.05, 4.69) is 11.4 Å². The Hall–Kier alpha value is -3.21. The number of rotatable bonds is 6. The zero-order valence-electron chi connectivity index (χ0n) is 15.8. The Balaban J connectivity index is 1.60. The lowest BCUT2D eigenvalue weighted by molar-refractivity contribution is -0.118. The number of fused-ring (bicyclic) bond motifs is 1. The number of carbonyl (C=O) groups is 1. The number of nitrogens with zero attached hydrogens (tertiary/aromatic N) is 3. The van der Waals surface area contributed by atoms with Crippen LogP contribution in [0.1, 0.15) is 25.0 Å². The summed E-state index contributed by atoms with van der Waals surface area (Å²) in [6.07, 6.45) is 4.43. The predicted molar refractivity (Wildman–Crippen MR) is 118 cm³/mol. The van der Waals surface area contributed by atoms with Gasteiger partial charge in [0.25, 0.3) is 5.91 Å². The van der Waals surface area contributed by atoms with Gasteiger partial charge in [0, 0.05) is 22.7 Å². The maximum atomic E-state index is 12.8. The lowest BCUT2D eigenvalue weighted by Crippen LogP contribution is -2.31. The monoisotopic (exact) mass is 403 g/mol. The van der Waals surface area contributed by atoms with Crippen molar-refractivity contribution in [3.63, 3.8) is 0 Å². The van der Waals surface area contributed by atoms with Crippen LogP contribution in [0.2, 0.25) is 0 Å². The van der Waals surface area contributed by atoms with Crippen molar-refractivity contribution in [2.24, 2.45) is 5.73 Å². The second kappa shape index (κ2) is 8.03. The number of unbranched alkanes of at least 4 members (excludes halogenated alkanes) is 1. The molecule has 0 bridgehead atoms. The lowest BCUT2D eigenvalue weighted by Gasteiger charge is -2.16. The number of nitrogens with one attached hydrogen (secondary N) is 1. The van der Waals surface area contributed by atoms with Gasteiger partial charge in [-0.05, 0) is 62.3 Å². The van der Waals surface area contributed by atoms with Crippen molar-refractivity contribution in [2.45, 2.75) is 25.3 Å². The molecule has 6 nitrogen and oxygen atoms in total. The molecule has 0 unspecified atom stereocenters. The molecule has 1 amide bonds. The van der Waals surface area contributed by atoms with E-state index < -0.39 is 0 Å². The maximum Gasteiger partial charge on any atom is 0.255 e. The average molecular weight is 404 g/mol. The highest BCUT2D eigenvalue weighted by molar-refractivity contribution is 7.80. The number of carbonyl (C=O) groups excluding carboxylic acids is 1. The molecular formula is C22H21N5OS. The molecule has 0 spiro atoms. The molecule has 2 heterocycles. The highest BCUT2D eigenvalue weighted by atomic mass is 32.1. The summed E-state index contributed by atoms with van der Waals surface area (Å²) in [5.74, 6) is -0.0378. The normalized spacial score (nSPS) is 16.3. The van der Waals surface area contributed by atoms with Gasteiger partial charge in [0.15, 0.2) is 5.11 Å². The molecule has 2 aromatic carbocycles. The molecule has 0 saturated carbocycles. The molecule has 1 fully saturated rings. The first-order chi connectivity index (χ1) is 14.1. The standard InChI is InChI=1S/C22H21N5OS/c23-12-4-3-7-19-21(28)27(22(29)25-19)17-10-8-16(9-11-17)26-14-15-5-1-2-6-18(15)20(26)13-24/h1-2,5-6,8-11,14,19H,3-4,7,12,23H2,(H,25,29)/t19-/m0/s1. The van der Waals surface area contributed by atoms with Gasteiger partial charge < -0.3 is 15.6 Å². The highest BCUT2D eigenvalue weighted by Crippen LogP contribution is 2.27. The highest BCUT2D eigenvalue weighted by Gasteiger charge is 2.35. The Morgan fingerprint density at radius 3 is 2.55 bits per heavy atom. The summed E-state index contributed by atoms with van der Waals surface area (Å²) >= 11 is 5.39. The zero-order chi connectivity index (χ0) is 20.4. The minimum atomic E-state index is -0.298. The second-order valence-electron chi connectivity index (χ2n) is 7.02. The third kappa shape index (κ3) is 3.48. The molecule has 146 valence electrons. The Morgan fingerprint density at radius 1 is 1.10 bits per heavy atom. The van der Waals surface area contributed by atoms with Crippen LogP contribution in [0.3, 0.4) is 0 Å². The zero-order valence-corrected chi connectivity index (χ0v) is 16.7. The number of benzene rings is 2. The summed E-state index contributed by atoms with van der Waals surface area (Å²) in [5.41, 5.74) is 7.69. The van der Waals surface area contributed by atoms with Crippen LogP contribution in [0.4, 0.5) is 5.69 Å². The first-order valence-electron chi connectivity index (χ1n) is 9.59. The Kier molecular flexibility index (Phi) is 5.30. The molecule has 1 aromatic heterocycles. The van der Waals surface area contributed by atoms with Crippen LogP contribution in [-0.4, -0.2) is 28.2 Å². The van der Waals surface area contributed by atoms with Crippen molar-refractivity contribution in [3.8, 4) is 11.8 Å². The van der Waals surface area contributed by atoms with Gasteiger partial charge in [-0.3, -0.25) is 9.69 Å². The summed E-state index contributed by atoms with van der Waals surface area (Å²) < 4.78 is 1.87. The maximum absolute atomic E-state index is 12.8. The van der Waals surface area contributed by atoms with E-state index in [1.165, 1.54) is 0 Å². The average Bonchev–Trinajstić information content (AvgIpc) is 3.25. The minimum Gasteiger partial charge on any atom is -0.350 e. The predicted octanol–water partition coefficient (Wildman–Crippen LogP) is 3.22. The summed E-state index contributed by atoms with van der Waals surface area (Å²) in [5, 5.41) is 15.1. The summed E-state index contributed by atoms with van der Waals surface area (Å²) in [6, 6.07) is 17.3. The lowest BCUT2D eigenvalue weighted by atomic mass is 10.1. The number of nitrogens with two attached hydrogens (primary N) is 1. The molecule has 0 radical (unpaired) electrons. The largest absolute Gasteiger partial charge is 0.350 e. The van der Waals surface area contributed by atoms with Crippen LogP contribution in [-0.2, 0) is 4.79 Å². The van der Waals surface area contributed by atoms with Gasteiger partial charge in [-0.15, -0.1) is 0 Å². The van der Waals surface area contributed by atoms with Crippen LogP contribution in [0.15, 0.2) is 54.7 Å². The molecular weight excluding hydrogens is 382 g/mol. The van der Waals surface area contributed by atoms with Gasteiger partial charge in [-0.2, -0.15) is 5.26 Å². The SMILES string of the molecule is N#Cc1c2ccccc2cn1-c1ccc(N2C(=O)[C@H](CCCCN)NC2=S)cc1. The third-order valence-electron chi connectivity index (χ3n) is 5.18. The summed E-state index contributed by atoms with van der Waals surface area (Å²) in [6.45, 7) is 0.621. The summed E-state index contributed by atoms with van der Waals surface area (Å²) in [4.78, 5) is 14.3. The molecule has 1 atom stereocenters. The van der Waals surface area contributed by atoms with E-state index in [-0.39, 0.29) is 11.9 Å². The fourth-order valence-electron chi connectivity index (χ4n) is 3.70. The number of hydrogen-bond donors (Lipinski definition) is 2. The first-order valence-corrected chi connectivity index (χ1v) is 10.00. The molecule has 1 saturated heterocycles. The van der Waals surface area contributed by atoms with Gasteiger partial charge in [0.1, 0.15) is 17.8 Å². The van der Waals surface area contributed by atoms with Gasteiger partial charge in [-0.1, -0.05) is 24.3 Å². The van der Waals surface area contributed by atoms with E-state index in [0.717, 1.165) is 29.3 Å². The number of anilines is 1. The molecule has 0 aliphatic carbocycles. The van der Waals surface area contributed by atoms with Gasteiger partial charge in [0.2, 0.25) is 0 Å². The van der Waals surface area contributed by atoms with Crippen molar-refractivity contribution < 1.29 is 4.79 Å². The fraction of sp³-hybridized carbons (Fsp3) is 0.227. The number of amides is 1. The Bertz CT molecular complexity index is 1110. The molecule has 29 heavy (non-hydrogen) atoms. The van der Waals surface area contributed by atoms with Crippen molar-refractivity contribution in [1.29, 1.82) is 5.26 Å². The second-order valence-corrected chi connectivity index (χ2v) is 7.41. The van der Waals surface area contributed by atoms with Crippen LogP contribution >= 0.6 is 12.2 Å². The van der Waals surface area contributed by atoms with Crippen molar-refractivity contribution in [2.75, 3.05) is 11.4 Å². The Morgan fingerprint density at radius 2 is 1.83 bits per heavy atom. The Labute approximate surface area is 174 Å². The van der Waals surface area contributed by atoms with E-state index in [9.17, 15) is 10.1 Å². The van der Waals surface area contributed by atoms with E-state index in [4.69, 9.17) is 18.0 Å². The molecule has 7 heteroatoms. The number of hydrogen-bond acceptors (Lipinski definition) is 4. The van der Waals surface area contributed by atoms with E-state index >= 15 is 0 Å². The van der Waals surface area contributed by atoms with E-state index in [0.29, 0.717) is 29.5 Å². The van der Waals surface area contributed by atoms with Gasteiger partial charge in [-0.25, -0.2) is 0 Å². The van der Waals surface area contributed by atoms with Gasteiger partial charge >= 0.3 is 0 Å². The third-order valence-corrected chi connectivity index (χ3v) is 5.48. The fourth-order valence-corrected chi connectivity index (χ4v) is 4.04. The molecule has 3 aromatic rings. The van der Waals surface area contributed by atoms with Crippen LogP contribution < -0.4 is 16.0 Å². The quantitative estimate of drug-likeness (QED) is 0.487. The summed E-state index contributed by atoms with van der Waals surface area (Å²) in [7, 11) is 0. The molecule has 1 aliphatic rings. The van der Waals surface area contributed by atoms with Crippen molar-refractivity contribution in [3.05, 3.63) is 60.4 Å². The molecule has 3 N–H and O–H groups in total.